The van der Waals surface area contributed by atoms with E-state index >= 15 is 0 Å². The van der Waals surface area contributed by atoms with Crippen LogP contribution < -0.4 is 10.2 Å². The number of hydrogen-bond acceptors (Lipinski definition) is 6. The average Bonchev–Trinajstić information content (AvgIpc) is 3.29. The molecule has 0 spiro atoms. The minimum atomic E-state index is -0.0448. The highest BCUT2D eigenvalue weighted by Crippen LogP contribution is 2.30. The first-order valence-corrected chi connectivity index (χ1v) is 12.5. The van der Waals surface area contributed by atoms with Gasteiger partial charge < -0.3 is 10.2 Å². The Morgan fingerprint density at radius 2 is 1.91 bits per heavy atom. The molecule has 1 saturated heterocycles. The van der Waals surface area contributed by atoms with E-state index < -0.39 is 0 Å². The van der Waals surface area contributed by atoms with E-state index in [1.54, 1.807) is 0 Å². The maximum Gasteiger partial charge on any atom is 0.234 e. The predicted octanol–water partition coefficient (Wildman–Crippen LogP) is 4.95. The molecule has 2 aromatic carbocycles. The predicted molar refractivity (Wildman–Crippen MR) is 136 cm³/mol. The van der Waals surface area contributed by atoms with Gasteiger partial charge in [0.05, 0.1) is 29.4 Å². The molecule has 1 aromatic heterocycles. The Balaban J connectivity index is 1.33. The molecular weight excluding hydrogens is 460 g/mol. The van der Waals surface area contributed by atoms with E-state index in [0.29, 0.717) is 17.3 Å². The number of nitrogens with zero attached hydrogens (tertiary/aromatic N) is 3. The normalized spacial score (nSPS) is 14.2. The second-order valence-electron chi connectivity index (χ2n) is 7.33. The second kappa shape index (κ2) is 10.9. The number of thioether (sulfide) groups is 1. The highest BCUT2D eigenvalue weighted by molar-refractivity contribution is 8.01. The minimum absolute atomic E-state index is 0.0448. The van der Waals surface area contributed by atoms with Gasteiger partial charge in [0.2, 0.25) is 5.91 Å². The van der Waals surface area contributed by atoms with Crippen LogP contribution in [0, 0.1) is 12.3 Å². The summed E-state index contributed by atoms with van der Waals surface area (Å²) in [4.78, 5) is 21.9. The Morgan fingerprint density at radius 1 is 1.16 bits per heavy atom. The molecule has 164 valence electrons. The molecule has 0 unspecified atom stereocenters. The summed E-state index contributed by atoms with van der Waals surface area (Å²) in [5.74, 6) is 2.97. The molecule has 0 atom stereocenters. The third kappa shape index (κ3) is 5.84. The number of halogens is 1. The molecular formula is C24H23ClN4OS2. The zero-order chi connectivity index (χ0) is 22.3. The first kappa shape index (κ1) is 22.7. The van der Waals surface area contributed by atoms with Gasteiger partial charge >= 0.3 is 0 Å². The van der Waals surface area contributed by atoms with Crippen LogP contribution in [-0.2, 0) is 4.79 Å². The summed E-state index contributed by atoms with van der Waals surface area (Å²) in [6, 6.07) is 15.5. The van der Waals surface area contributed by atoms with E-state index in [4.69, 9.17) is 18.0 Å². The summed E-state index contributed by atoms with van der Waals surface area (Å²) in [5, 5.41) is 5.77. The third-order valence-corrected chi connectivity index (χ3v) is 7.43. The number of rotatable bonds is 7. The van der Waals surface area contributed by atoms with E-state index in [9.17, 15) is 4.79 Å². The Kier molecular flexibility index (Phi) is 7.72. The summed E-state index contributed by atoms with van der Waals surface area (Å²) in [7, 11) is 0. The molecule has 1 fully saturated rings. The standard InChI is InChI=1S/C24H23ClN4OS2/c1-2-11-28-12-14-29(15-13-28)22-6-4-3-5-20(22)26-23(30)17-32-24-27-21(16-31-24)18-7-9-19(25)10-8-18/h1,3-10,16H,11-15,17H2,(H,26,30). The van der Waals surface area contributed by atoms with Crippen LogP contribution in [0.5, 0.6) is 0 Å². The van der Waals surface area contributed by atoms with Crippen LogP contribution in [0.3, 0.4) is 0 Å². The highest BCUT2D eigenvalue weighted by Gasteiger charge is 2.19. The van der Waals surface area contributed by atoms with E-state index in [1.165, 1.54) is 23.1 Å². The Morgan fingerprint density at radius 3 is 2.66 bits per heavy atom. The van der Waals surface area contributed by atoms with Crippen LogP contribution in [0.25, 0.3) is 11.3 Å². The van der Waals surface area contributed by atoms with Crippen molar-refractivity contribution in [2.24, 2.45) is 0 Å². The number of piperazine rings is 1. The summed E-state index contributed by atoms with van der Waals surface area (Å²) >= 11 is 8.94. The van der Waals surface area contributed by atoms with Gasteiger partial charge in [0.15, 0.2) is 4.34 Å². The summed E-state index contributed by atoms with van der Waals surface area (Å²) in [6.07, 6.45) is 5.43. The number of anilines is 2. The number of benzene rings is 2. The maximum atomic E-state index is 12.7. The number of terminal acetylenes is 1. The van der Waals surface area contributed by atoms with E-state index in [2.05, 4.69) is 32.1 Å². The summed E-state index contributed by atoms with van der Waals surface area (Å²) < 4.78 is 0.864. The van der Waals surface area contributed by atoms with Gasteiger partial charge in [-0.3, -0.25) is 9.69 Å². The van der Waals surface area contributed by atoms with Crippen molar-refractivity contribution in [3.63, 3.8) is 0 Å². The van der Waals surface area contributed by atoms with Crippen molar-refractivity contribution in [2.75, 3.05) is 48.7 Å². The van der Waals surface area contributed by atoms with Gasteiger partial charge in [-0.2, -0.15) is 0 Å². The zero-order valence-electron chi connectivity index (χ0n) is 17.5. The number of nitrogens with one attached hydrogen (secondary N) is 1. The van der Waals surface area contributed by atoms with Crippen molar-refractivity contribution in [1.29, 1.82) is 0 Å². The van der Waals surface area contributed by atoms with Gasteiger partial charge in [-0.15, -0.1) is 17.8 Å². The molecule has 0 bridgehead atoms. The summed E-state index contributed by atoms with van der Waals surface area (Å²) in [6.45, 7) is 4.29. The van der Waals surface area contributed by atoms with Crippen molar-refractivity contribution in [3.8, 4) is 23.6 Å². The van der Waals surface area contributed by atoms with Crippen molar-refractivity contribution >= 4 is 52.0 Å². The maximum absolute atomic E-state index is 12.7. The number of aromatic nitrogens is 1. The lowest BCUT2D eigenvalue weighted by molar-refractivity contribution is -0.113. The Bertz CT molecular complexity index is 1100. The minimum Gasteiger partial charge on any atom is -0.367 e. The molecule has 32 heavy (non-hydrogen) atoms. The molecule has 1 N–H and O–H groups in total. The van der Waals surface area contributed by atoms with Gasteiger partial charge in [-0.05, 0) is 24.3 Å². The molecule has 0 aliphatic carbocycles. The van der Waals surface area contributed by atoms with Crippen LogP contribution >= 0.6 is 34.7 Å². The molecule has 4 rings (SSSR count). The second-order valence-corrected chi connectivity index (χ2v) is 9.84. The first-order valence-electron chi connectivity index (χ1n) is 10.3. The van der Waals surface area contributed by atoms with Crippen molar-refractivity contribution < 1.29 is 4.79 Å². The number of para-hydroxylation sites is 2. The largest absolute Gasteiger partial charge is 0.367 e. The number of hydrogen-bond donors (Lipinski definition) is 1. The number of amides is 1. The van der Waals surface area contributed by atoms with Crippen LogP contribution in [-0.4, -0.2) is 54.3 Å². The highest BCUT2D eigenvalue weighted by atomic mass is 35.5. The fourth-order valence-electron chi connectivity index (χ4n) is 3.52. The molecule has 2 heterocycles. The topological polar surface area (TPSA) is 48.5 Å². The zero-order valence-corrected chi connectivity index (χ0v) is 19.8. The molecule has 1 aliphatic heterocycles. The Labute approximate surface area is 201 Å². The van der Waals surface area contributed by atoms with Gasteiger partial charge in [0.25, 0.3) is 0 Å². The Hall–Kier alpha value is -2.50. The first-order chi connectivity index (χ1) is 15.6. The smallest absolute Gasteiger partial charge is 0.234 e. The molecule has 0 saturated carbocycles. The fraction of sp³-hybridized carbons (Fsp3) is 0.250. The van der Waals surface area contributed by atoms with E-state index in [-0.39, 0.29) is 5.91 Å². The van der Waals surface area contributed by atoms with Gasteiger partial charge in [-0.1, -0.05) is 53.5 Å². The lowest BCUT2D eigenvalue weighted by atomic mass is 10.2. The van der Waals surface area contributed by atoms with Gasteiger partial charge in [0, 0.05) is 42.1 Å². The number of thiazole rings is 1. The SMILES string of the molecule is C#CCN1CCN(c2ccccc2NC(=O)CSc2nc(-c3ccc(Cl)cc3)cs2)CC1. The quantitative estimate of drug-likeness (QED) is 0.381. The summed E-state index contributed by atoms with van der Waals surface area (Å²) in [5.41, 5.74) is 3.79. The lowest BCUT2D eigenvalue weighted by Gasteiger charge is -2.36. The van der Waals surface area contributed by atoms with E-state index in [1.807, 2.05) is 47.8 Å². The van der Waals surface area contributed by atoms with Gasteiger partial charge in [0.1, 0.15) is 0 Å². The third-order valence-electron chi connectivity index (χ3n) is 5.16. The van der Waals surface area contributed by atoms with Gasteiger partial charge in [-0.25, -0.2) is 4.98 Å². The van der Waals surface area contributed by atoms with Crippen LogP contribution in [0.4, 0.5) is 11.4 Å². The van der Waals surface area contributed by atoms with Crippen LogP contribution in [0.2, 0.25) is 5.02 Å². The molecule has 1 amide bonds. The molecule has 8 heteroatoms. The average molecular weight is 483 g/mol. The number of carbonyl (C=O) groups is 1. The molecule has 1 aliphatic rings. The molecule has 3 aromatic rings. The van der Waals surface area contributed by atoms with Crippen molar-refractivity contribution in [3.05, 3.63) is 58.9 Å². The molecule has 0 radical (unpaired) electrons. The monoisotopic (exact) mass is 482 g/mol. The van der Waals surface area contributed by atoms with Crippen LogP contribution in [0.1, 0.15) is 0 Å². The number of carbonyl (C=O) groups excluding carboxylic acids is 1. The van der Waals surface area contributed by atoms with Crippen molar-refractivity contribution in [1.82, 2.24) is 9.88 Å². The van der Waals surface area contributed by atoms with Crippen molar-refractivity contribution in [2.45, 2.75) is 4.34 Å². The fourth-order valence-corrected chi connectivity index (χ4v) is 5.28. The van der Waals surface area contributed by atoms with Crippen LogP contribution in [0.15, 0.2) is 58.3 Å². The lowest BCUT2D eigenvalue weighted by Crippen LogP contribution is -2.46. The van der Waals surface area contributed by atoms with E-state index in [0.717, 1.165) is 53.2 Å². The molecule has 5 nitrogen and oxygen atoms in total.